The average Bonchev–Trinajstić information content (AvgIpc) is 2.19. The van der Waals surface area contributed by atoms with Crippen molar-refractivity contribution in [3.05, 3.63) is 0 Å². The molecule has 0 saturated carbocycles. The summed E-state index contributed by atoms with van der Waals surface area (Å²) in [7, 11) is 2.11. The average molecular weight is 242 g/mol. The first kappa shape index (κ1) is 14.5. The van der Waals surface area contributed by atoms with E-state index in [-0.39, 0.29) is 6.42 Å². The second-order valence-electron chi connectivity index (χ2n) is 5.72. The van der Waals surface area contributed by atoms with Gasteiger partial charge in [-0.1, -0.05) is 13.8 Å². The van der Waals surface area contributed by atoms with E-state index in [1.165, 1.54) is 0 Å². The molecule has 0 bridgehead atoms. The maximum Gasteiger partial charge on any atom is 0.303 e. The maximum atomic E-state index is 10.6. The standard InChI is InChI=1S/C13H26N2O2/c1-10(2)7-15-9-12(5-6-13(16)17)14(4)8-11(15)3/h10-12H,5-9H2,1-4H3,(H,16,17). The molecule has 1 aliphatic heterocycles. The van der Waals surface area contributed by atoms with Gasteiger partial charge in [0.2, 0.25) is 0 Å². The van der Waals surface area contributed by atoms with E-state index >= 15 is 0 Å². The Labute approximate surface area is 105 Å². The number of likely N-dealkylation sites (N-methyl/N-ethyl adjacent to an activating group) is 1. The number of hydrogen-bond acceptors (Lipinski definition) is 3. The molecule has 17 heavy (non-hydrogen) atoms. The Bertz CT molecular complexity index is 256. The fourth-order valence-corrected chi connectivity index (χ4v) is 2.60. The van der Waals surface area contributed by atoms with E-state index in [0.717, 1.165) is 26.1 Å². The molecule has 0 aliphatic carbocycles. The lowest BCUT2D eigenvalue weighted by Crippen LogP contribution is -2.56. The second kappa shape index (κ2) is 6.36. The zero-order chi connectivity index (χ0) is 13.0. The predicted octanol–water partition coefficient (Wildman–Crippen LogP) is 1.51. The van der Waals surface area contributed by atoms with Crippen molar-refractivity contribution < 1.29 is 9.90 Å². The molecule has 1 heterocycles. The molecule has 4 nitrogen and oxygen atoms in total. The van der Waals surface area contributed by atoms with E-state index in [4.69, 9.17) is 5.11 Å². The van der Waals surface area contributed by atoms with Gasteiger partial charge in [0.25, 0.3) is 0 Å². The van der Waals surface area contributed by atoms with Crippen molar-refractivity contribution >= 4 is 5.97 Å². The van der Waals surface area contributed by atoms with E-state index in [9.17, 15) is 4.79 Å². The third-order valence-electron chi connectivity index (χ3n) is 3.54. The molecule has 2 atom stereocenters. The van der Waals surface area contributed by atoms with Crippen LogP contribution in [0.3, 0.4) is 0 Å². The summed E-state index contributed by atoms with van der Waals surface area (Å²) in [5, 5.41) is 8.76. The molecule has 1 rings (SSSR count). The Morgan fingerprint density at radius 1 is 1.41 bits per heavy atom. The minimum atomic E-state index is -0.688. The van der Waals surface area contributed by atoms with Gasteiger partial charge in [-0.2, -0.15) is 0 Å². The molecule has 1 N–H and O–H groups in total. The second-order valence-corrected chi connectivity index (χ2v) is 5.72. The molecule has 1 saturated heterocycles. The summed E-state index contributed by atoms with van der Waals surface area (Å²) in [6.45, 7) is 9.87. The Hall–Kier alpha value is -0.610. The largest absolute Gasteiger partial charge is 0.481 e. The first-order valence-corrected chi connectivity index (χ1v) is 6.56. The van der Waals surface area contributed by atoms with Crippen molar-refractivity contribution in [2.45, 2.75) is 45.7 Å². The number of nitrogens with zero attached hydrogens (tertiary/aromatic N) is 2. The molecule has 1 aliphatic rings. The van der Waals surface area contributed by atoms with Crippen LogP contribution in [0.4, 0.5) is 0 Å². The molecular formula is C13H26N2O2. The van der Waals surface area contributed by atoms with E-state index in [0.29, 0.717) is 18.0 Å². The van der Waals surface area contributed by atoms with Crippen LogP contribution in [0.5, 0.6) is 0 Å². The topological polar surface area (TPSA) is 43.8 Å². The van der Waals surface area contributed by atoms with Crippen LogP contribution in [0.15, 0.2) is 0 Å². The zero-order valence-corrected chi connectivity index (χ0v) is 11.5. The summed E-state index contributed by atoms with van der Waals surface area (Å²) in [6.07, 6.45) is 1.03. The molecule has 0 spiro atoms. The number of aliphatic carboxylic acids is 1. The van der Waals surface area contributed by atoms with Crippen LogP contribution >= 0.6 is 0 Å². The van der Waals surface area contributed by atoms with Gasteiger partial charge in [-0.15, -0.1) is 0 Å². The number of piperazine rings is 1. The fraction of sp³-hybridized carbons (Fsp3) is 0.923. The Kier molecular flexibility index (Phi) is 5.40. The molecule has 1 fully saturated rings. The number of carboxylic acids is 1. The van der Waals surface area contributed by atoms with Gasteiger partial charge in [0.15, 0.2) is 0 Å². The predicted molar refractivity (Wildman–Crippen MR) is 69.2 cm³/mol. The van der Waals surface area contributed by atoms with Gasteiger partial charge in [-0.25, -0.2) is 0 Å². The maximum absolute atomic E-state index is 10.6. The third kappa shape index (κ3) is 4.64. The van der Waals surface area contributed by atoms with Crippen LogP contribution in [0.2, 0.25) is 0 Å². The van der Waals surface area contributed by atoms with Gasteiger partial charge in [0.05, 0.1) is 0 Å². The Morgan fingerprint density at radius 3 is 2.59 bits per heavy atom. The van der Waals surface area contributed by atoms with Gasteiger partial charge < -0.3 is 10.0 Å². The van der Waals surface area contributed by atoms with Crippen LogP contribution in [-0.4, -0.2) is 59.6 Å². The van der Waals surface area contributed by atoms with Crippen LogP contribution in [-0.2, 0) is 4.79 Å². The SMILES string of the molecule is CC(C)CN1CC(CCC(=O)O)N(C)CC1C. The van der Waals surface area contributed by atoms with Gasteiger partial charge in [0.1, 0.15) is 0 Å². The van der Waals surface area contributed by atoms with E-state index in [1.54, 1.807) is 0 Å². The Balaban J connectivity index is 2.50. The van der Waals surface area contributed by atoms with Gasteiger partial charge in [0, 0.05) is 38.1 Å². The lowest BCUT2D eigenvalue weighted by molar-refractivity contribution is -0.137. The highest BCUT2D eigenvalue weighted by Crippen LogP contribution is 2.18. The third-order valence-corrected chi connectivity index (χ3v) is 3.54. The molecule has 4 heteroatoms. The fourth-order valence-electron chi connectivity index (χ4n) is 2.60. The van der Waals surface area contributed by atoms with Crippen molar-refractivity contribution in [3.8, 4) is 0 Å². The summed E-state index contributed by atoms with van der Waals surface area (Å²) in [5.74, 6) is -0.0200. The molecule has 0 amide bonds. The van der Waals surface area contributed by atoms with E-state index in [2.05, 4.69) is 37.6 Å². The van der Waals surface area contributed by atoms with E-state index in [1.807, 2.05) is 0 Å². The van der Waals surface area contributed by atoms with Crippen molar-refractivity contribution in [1.29, 1.82) is 0 Å². The van der Waals surface area contributed by atoms with Gasteiger partial charge in [-0.05, 0) is 26.3 Å². The smallest absolute Gasteiger partial charge is 0.303 e. The van der Waals surface area contributed by atoms with Crippen molar-refractivity contribution in [2.24, 2.45) is 5.92 Å². The molecule has 0 aromatic carbocycles. The minimum absolute atomic E-state index is 0.277. The quantitative estimate of drug-likeness (QED) is 0.793. The lowest BCUT2D eigenvalue weighted by atomic mass is 10.0. The van der Waals surface area contributed by atoms with Crippen molar-refractivity contribution in [2.75, 3.05) is 26.7 Å². The summed E-state index contributed by atoms with van der Waals surface area (Å²) in [6, 6.07) is 0.963. The monoisotopic (exact) mass is 242 g/mol. The minimum Gasteiger partial charge on any atom is -0.481 e. The summed E-state index contributed by atoms with van der Waals surface area (Å²) >= 11 is 0. The highest BCUT2D eigenvalue weighted by molar-refractivity contribution is 5.66. The van der Waals surface area contributed by atoms with Crippen molar-refractivity contribution in [3.63, 3.8) is 0 Å². The van der Waals surface area contributed by atoms with Crippen LogP contribution < -0.4 is 0 Å². The van der Waals surface area contributed by atoms with Crippen LogP contribution in [0.25, 0.3) is 0 Å². The van der Waals surface area contributed by atoms with Gasteiger partial charge >= 0.3 is 5.97 Å². The zero-order valence-electron chi connectivity index (χ0n) is 11.5. The number of carboxylic acid groups (broad SMARTS) is 1. The normalized spacial score (nSPS) is 27.6. The molecule has 0 radical (unpaired) electrons. The van der Waals surface area contributed by atoms with Crippen LogP contribution in [0.1, 0.15) is 33.6 Å². The van der Waals surface area contributed by atoms with Crippen LogP contribution in [0, 0.1) is 5.92 Å². The summed E-state index contributed by atoms with van der Waals surface area (Å²) < 4.78 is 0. The summed E-state index contributed by atoms with van der Waals surface area (Å²) in [4.78, 5) is 15.4. The summed E-state index contributed by atoms with van der Waals surface area (Å²) in [5.41, 5.74) is 0. The highest BCUT2D eigenvalue weighted by atomic mass is 16.4. The number of hydrogen-bond donors (Lipinski definition) is 1. The Morgan fingerprint density at radius 2 is 2.06 bits per heavy atom. The molecular weight excluding hydrogens is 216 g/mol. The number of rotatable bonds is 5. The van der Waals surface area contributed by atoms with Crippen molar-refractivity contribution in [1.82, 2.24) is 9.80 Å². The number of carbonyl (C=O) groups is 1. The van der Waals surface area contributed by atoms with Gasteiger partial charge in [-0.3, -0.25) is 9.69 Å². The lowest BCUT2D eigenvalue weighted by Gasteiger charge is -2.44. The highest BCUT2D eigenvalue weighted by Gasteiger charge is 2.29. The molecule has 0 aromatic heterocycles. The molecule has 100 valence electrons. The first-order valence-electron chi connectivity index (χ1n) is 6.56. The molecule has 0 aromatic rings. The molecule has 2 unspecified atom stereocenters. The first-order chi connectivity index (χ1) is 7.90. The van der Waals surface area contributed by atoms with E-state index < -0.39 is 5.97 Å².